The molecule has 0 unspecified atom stereocenters. The predicted molar refractivity (Wildman–Crippen MR) is 68.1 cm³/mol. The van der Waals surface area contributed by atoms with Crippen LogP contribution >= 0.6 is 0 Å². The number of anilines is 1. The number of H-pyrrole nitrogens is 1. The van der Waals surface area contributed by atoms with Gasteiger partial charge in [-0.2, -0.15) is 5.10 Å². The highest BCUT2D eigenvalue weighted by Gasteiger charge is 2.02. The van der Waals surface area contributed by atoms with Gasteiger partial charge in [0.05, 0.1) is 0 Å². The van der Waals surface area contributed by atoms with E-state index in [0.717, 1.165) is 12.2 Å². The van der Waals surface area contributed by atoms with E-state index in [9.17, 15) is 9.18 Å². The number of hydrogen-bond donors (Lipinski definition) is 3. The highest BCUT2D eigenvalue weighted by molar-refractivity contribution is 5.89. The SMILES string of the molecule is O=C(NCCCc1ncn[nH]1)Nc1cccc(F)c1. The summed E-state index contributed by atoms with van der Waals surface area (Å²) in [6, 6.07) is 5.38. The molecule has 1 aromatic carbocycles. The maximum absolute atomic E-state index is 12.9. The van der Waals surface area contributed by atoms with Crippen molar-refractivity contribution in [1.82, 2.24) is 20.5 Å². The number of nitrogens with one attached hydrogen (secondary N) is 3. The fourth-order valence-electron chi connectivity index (χ4n) is 1.55. The van der Waals surface area contributed by atoms with Crippen LogP contribution < -0.4 is 10.6 Å². The molecule has 1 aromatic heterocycles. The van der Waals surface area contributed by atoms with Crippen molar-refractivity contribution in [2.45, 2.75) is 12.8 Å². The van der Waals surface area contributed by atoms with E-state index >= 15 is 0 Å². The first kappa shape index (κ1) is 13.0. The van der Waals surface area contributed by atoms with E-state index in [1.54, 1.807) is 6.07 Å². The third-order valence-corrected chi connectivity index (χ3v) is 2.42. The molecule has 0 atom stereocenters. The molecule has 0 saturated heterocycles. The van der Waals surface area contributed by atoms with Gasteiger partial charge in [-0.1, -0.05) is 6.07 Å². The number of urea groups is 1. The summed E-state index contributed by atoms with van der Waals surface area (Å²) < 4.78 is 12.9. The normalized spacial score (nSPS) is 10.2. The number of hydrogen-bond acceptors (Lipinski definition) is 3. The molecule has 7 heteroatoms. The van der Waals surface area contributed by atoms with Crippen LogP contribution in [-0.4, -0.2) is 27.8 Å². The van der Waals surface area contributed by atoms with Crippen LogP contribution in [0.15, 0.2) is 30.6 Å². The van der Waals surface area contributed by atoms with E-state index in [1.165, 1.54) is 24.5 Å². The summed E-state index contributed by atoms with van der Waals surface area (Å²) >= 11 is 0. The lowest BCUT2D eigenvalue weighted by molar-refractivity contribution is 0.252. The number of aromatic amines is 1. The summed E-state index contributed by atoms with van der Waals surface area (Å²) in [4.78, 5) is 15.5. The molecule has 6 nitrogen and oxygen atoms in total. The summed E-state index contributed by atoms with van der Waals surface area (Å²) in [5.74, 6) is 0.399. The Morgan fingerprint density at radius 2 is 2.32 bits per heavy atom. The Morgan fingerprint density at radius 1 is 1.42 bits per heavy atom. The van der Waals surface area contributed by atoms with Gasteiger partial charge in [0.15, 0.2) is 0 Å². The second-order valence-corrected chi connectivity index (χ2v) is 3.93. The Kier molecular flexibility index (Phi) is 4.44. The molecule has 1 heterocycles. The monoisotopic (exact) mass is 263 g/mol. The number of rotatable bonds is 5. The first-order valence-electron chi connectivity index (χ1n) is 5.89. The topological polar surface area (TPSA) is 82.7 Å². The lowest BCUT2D eigenvalue weighted by Crippen LogP contribution is -2.29. The molecule has 0 fully saturated rings. The second-order valence-electron chi connectivity index (χ2n) is 3.93. The first-order valence-corrected chi connectivity index (χ1v) is 5.89. The smallest absolute Gasteiger partial charge is 0.319 e. The molecule has 0 bridgehead atoms. The molecule has 2 aromatic rings. The maximum Gasteiger partial charge on any atom is 0.319 e. The van der Waals surface area contributed by atoms with Gasteiger partial charge in [-0.05, 0) is 24.6 Å². The van der Waals surface area contributed by atoms with E-state index in [4.69, 9.17) is 0 Å². The highest BCUT2D eigenvalue weighted by atomic mass is 19.1. The van der Waals surface area contributed by atoms with Gasteiger partial charge >= 0.3 is 6.03 Å². The standard InChI is InChI=1S/C12H14FN5O/c13-9-3-1-4-10(7-9)17-12(19)14-6-2-5-11-15-8-16-18-11/h1,3-4,7-8H,2,5-6H2,(H2,14,17,19)(H,15,16,18). The number of carbonyl (C=O) groups is 1. The van der Waals surface area contributed by atoms with Crippen LogP contribution in [0.25, 0.3) is 0 Å². The van der Waals surface area contributed by atoms with Crippen molar-refractivity contribution < 1.29 is 9.18 Å². The van der Waals surface area contributed by atoms with Gasteiger partial charge in [-0.15, -0.1) is 0 Å². The number of nitrogens with zero attached hydrogens (tertiary/aromatic N) is 2. The molecule has 0 radical (unpaired) electrons. The second kappa shape index (κ2) is 6.48. The maximum atomic E-state index is 12.9. The van der Waals surface area contributed by atoms with Gasteiger partial charge in [-0.25, -0.2) is 14.2 Å². The average molecular weight is 263 g/mol. The zero-order valence-corrected chi connectivity index (χ0v) is 10.2. The first-order chi connectivity index (χ1) is 9.24. The van der Waals surface area contributed by atoms with Crippen LogP contribution in [0.3, 0.4) is 0 Å². The Labute approximate surface area is 109 Å². The van der Waals surface area contributed by atoms with Gasteiger partial charge in [0.2, 0.25) is 0 Å². The number of carbonyl (C=O) groups excluding carboxylic acids is 1. The van der Waals surface area contributed by atoms with Crippen molar-refractivity contribution in [3.05, 3.63) is 42.2 Å². The van der Waals surface area contributed by atoms with E-state index in [2.05, 4.69) is 25.8 Å². The van der Waals surface area contributed by atoms with Crippen molar-refractivity contribution in [3.63, 3.8) is 0 Å². The molecule has 0 aliphatic rings. The predicted octanol–water partition coefficient (Wildman–Crippen LogP) is 1.70. The zero-order valence-electron chi connectivity index (χ0n) is 10.2. The van der Waals surface area contributed by atoms with Crippen LogP contribution in [0.2, 0.25) is 0 Å². The van der Waals surface area contributed by atoms with Crippen molar-refractivity contribution in [1.29, 1.82) is 0 Å². The largest absolute Gasteiger partial charge is 0.338 e. The summed E-state index contributed by atoms with van der Waals surface area (Å²) in [5, 5.41) is 11.7. The molecule has 0 aliphatic heterocycles. The lowest BCUT2D eigenvalue weighted by atomic mass is 10.3. The van der Waals surface area contributed by atoms with Crippen LogP contribution in [0.5, 0.6) is 0 Å². The Balaban J connectivity index is 1.67. The molecule has 3 N–H and O–H groups in total. The van der Waals surface area contributed by atoms with Crippen LogP contribution in [0.4, 0.5) is 14.9 Å². The van der Waals surface area contributed by atoms with Crippen LogP contribution in [-0.2, 0) is 6.42 Å². The molecule has 100 valence electrons. The molecule has 19 heavy (non-hydrogen) atoms. The number of amides is 2. The fourth-order valence-corrected chi connectivity index (χ4v) is 1.55. The minimum Gasteiger partial charge on any atom is -0.338 e. The van der Waals surface area contributed by atoms with Crippen molar-refractivity contribution >= 4 is 11.7 Å². The molecule has 0 saturated carbocycles. The van der Waals surface area contributed by atoms with E-state index < -0.39 is 0 Å². The third kappa shape index (κ3) is 4.38. The Hall–Kier alpha value is -2.44. The molecular weight excluding hydrogens is 249 g/mol. The van der Waals surface area contributed by atoms with Gasteiger partial charge < -0.3 is 10.6 Å². The Bertz CT molecular complexity index is 529. The van der Waals surface area contributed by atoms with Gasteiger partial charge in [-0.3, -0.25) is 5.10 Å². The van der Waals surface area contributed by atoms with E-state index in [1.807, 2.05) is 0 Å². The minimum atomic E-state index is -0.386. The van der Waals surface area contributed by atoms with Gasteiger partial charge in [0, 0.05) is 18.7 Å². The molecular formula is C12H14FN5O. The minimum absolute atomic E-state index is 0.358. The molecule has 2 amide bonds. The number of halogens is 1. The van der Waals surface area contributed by atoms with Crippen molar-refractivity contribution in [3.8, 4) is 0 Å². The van der Waals surface area contributed by atoms with Crippen molar-refractivity contribution in [2.75, 3.05) is 11.9 Å². The summed E-state index contributed by atoms with van der Waals surface area (Å²) in [5.41, 5.74) is 0.424. The van der Waals surface area contributed by atoms with Crippen LogP contribution in [0, 0.1) is 5.82 Å². The molecule has 0 spiro atoms. The zero-order chi connectivity index (χ0) is 13.5. The van der Waals surface area contributed by atoms with Gasteiger partial charge in [0.1, 0.15) is 18.0 Å². The number of benzene rings is 1. The highest BCUT2D eigenvalue weighted by Crippen LogP contribution is 2.08. The Morgan fingerprint density at radius 3 is 3.05 bits per heavy atom. The van der Waals surface area contributed by atoms with E-state index in [0.29, 0.717) is 18.7 Å². The average Bonchev–Trinajstić information content (AvgIpc) is 2.88. The summed E-state index contributed by atoms with van der Waals surface area (Å²) in [6.07, 6.45) is 2.89. The number of aryl methyl sites for hydroxylation is 1. The van der Waals surface area contributed by atoms with Gasteiger partial charge in [0.25, 0.3) is 0 Å². The van der Waals surface area contributed by atoms with Crippen molar-refractivity contribution in [2.24, 2.45) is 0 Å². The summed E-state index contributed by atoms with van der Waals surface area (Å²) in [7, 11) is 0. The number of aromatic nitrogens is 3. The van der Waals surface area contributed by atoms with E-state index in [-0.39, 0.29) is 11.8 Å². The van der Waals surface area contributed by atoms with Crippen LogP contribution in [0.1, 0.15) is 12.2 Å². The lowest BCUT2D eigenvalue weighted by Gasteiger charge is -2.07. The third-order valence-electron chi connectivity index (χ3n) is 2.42. The molecule has 0 aliphatic carbocycles. The fraction of sp³-hybridized carbons (Fsp3) is 0.250. The summed E-state index contributed by atoms with van der Waals surface area (Å²) in [6.45, 7) is 0.502. The quantitative estimate of drug-likeness (QED) is 0.718. The molecule has 2 rings (SSSR count).